The van der Waals surface area contributed by atoms with Gasteiger partial charge in [-0.3, -0.25) is 5.32 Å². The molecule has 2 aliphatic heterocycles. The van der Waals surface area contributed by atoms with Crippen LogP contribution in [0.25, 0.3) is 0 Å². The van der Waals surface area contributed by atoms with Crippen LogP contribution in [0.3, 0.4) is 0 Å². The van der Waals surface area contributed by atoms with Crippen molar-refractivity contribution in [1.82, 2.24) is 14.9 Å². The maximum atomic E-state index is 12.7. The minimum atomic E-state index is -3.19. The Morgan fingerprint density at radius 1 is 1.22 bits per heavy atom. The topological polar surface area (TPSA) is 61.4 Å². The molecular formula is C17H27N3O2S. The zero-order valence-electron chi connectivity index (χ0n) is 13.8. The number of piperidine rings is 1. The van der Waals surface area contributed by atoms with Gasteiger partial charge in [-0.05, 0) is 37.7 Å². The van der Waals surface area contributed by atoms with Crippen LogP contribution in [0, 0.1) is 5.92 Å². The van der Waals surface area contributed by atoms with Crippen molar-refractivity contribution in [3.05, 3.63) is 35.9 Å². The molecule has 23 heavy (non-hydrogen) atoms. The van der Waals surface area contributed by atoms with Crippen LogP contribution in [0.1, 0.15) is 25.3 Å². The van der Waals surface area contributed by atoms with Crippen molar-refractivity contribution < 1.29 is 8.42 Å². The van der Waals surface area contributed by atoms with E-state index in [9.17, 15) is 8.42 Å². The molecule has 3 rings (SSSR count). The first kappa shape index (κ1) is 16.9. The molecule has 128 valence electrons. The van der Waals surface area contributed by atoms with E-state index in [4.69, 9.17) is 0 Å². The molecule has 5 nitrogen and oxygen atoms in total. The molecule has 0 bridgehead atoms. The van der Waals surface area contributed by atoms with Crippen LogP contribution in [-0.4, -0.2) is 50.3 Å². The third kappa shape index (κ3) is 4.32. The maximum absolute atomic E-state index is 12.7. The van der Waals surface area contributed by atoms with E-state index < -0.39 is 10.0 Å². The summed E-state index contributed by atoms with van der Waals surface area (Å²) in [6.07, 6.45) is 2.96. The first-order chi connectivity index (χ1) is 11.0. The van der Waals surface area contributed by atoms with Gasteiger partial charge < -0.3 is 5.32 Å². The number of hydrogen-bond acceptors (Lipinski definition) is 4. The van der Waals surface area contributed by atoms with Gasteiger partial charge in [-0.1, -0.05) is 30.3 Å². The van der Waals surface area contributed by atoms with E-state index in [1.54, 1.807) is 4.31 Å². The van der Waals surface area contributed by atoms with Crippen LogP contribution >= 0.6 is 0 Å². The summed E-state index contributed by atoms with van der Waals surface area (Å²) in [7, 11) is -3.19. The molecule has 0 unspecified atom stereocenters. The lowest BCUT2D eigenvalue weighted by molar-refractivity contribution is 0.270. The molecule has 0 aromatic heterocycles. The van der Waals surface area contributed by atoms with Gasteiger partial charge in [0, 0.05) is 31.8 Å². The van der Waals surface area contributed by atoms with E-state index in [0.717, 1.165) is 19.3 Å². The van der Waals surface area contributed by atoms with E-state index in [-0.39, 0.29) is 11.3 Å². The molecular weight excluding hydrogens is 310 g/mol. The zero-order valence-corrected chi connectivity index (χ0v) is 14.6. The first-order valence-corrected chi connectivity index (χ1v) is 10.1. The van der Waals surface area contributed by atoms with Crippen molar-refractivity contribution >= 4 is 10.0 Å². The number of nitrogens with one attached hydrogen (secondary N) is 2. The molecule has 0 saturated carbocycles. The van der Waals surface area contributed by atoms with Crippen LogP contribution in [0.4, 0.5) is 0 Å². The molecule has 0 amide bonds. The maximum Gasteiger partial charge on any atom is 0.215 e. The van der Waals surface area contributed by atoms with Crippen molar-refractivity contribution in [3.8, 4) is 0 Å². The van der Waals surface area contributed by atoms with Gasteiger partial charge >= 0.3 is 0 Å². The van der Waals surface area contributed by atoms with Crippen LogP contribution < -0.4 is 10.6 Å². The molecule has 2 aliphatic rings. The lowest BCUT2D eigenvalue weighted by Crippen LogP contribution is -2.50. The highest BCUT2D eigenvalue weighted by Gasteiger charge is 2.37. The van der Waals surface area contributed by atoms with E-state index in [1.807, 2.05) is 13.0 Å². The summed E-state index contributed by atoms with van der Waals surface area (Å²) in [6, 6.07) is 10.5. The Bertz CT molecular complexity index is 604. The van der Waals surface area contributed by atoms with Gasteiger partial charge in [-0.2, -0.15) is 0 Å². The molecule has 2 saturated heterocycles. The molecule has 1 atom stereocenters. The van der Waals surface area contributed by atoms with E-state index in [2.05, 4.69) is 34.9 Å². The summed E-state index contributed by atoms with van der Waals surface area (Å²) in [5.41, 5.74) is 1.00. The summed E-state index contributed by atoms with van der Waals surface area (Å²) in [4.78, 5) is 0. The number of hydrogen-bond donors (Lipinski definition) is 2. The predicted molar refractivity (Wildman–Crippen MR) is 92.6 cm³/mol. The summed E-state index contributed by atoms with van der Waals surface area (Å²) in [5.74, 6) is 0.766. The molecule has 0 radical (unpaired) electrons. The molecule has 0 spiro atoms. The summed E-state index contributed by atoms with van der Waals surface area (Å²) in [5, 5.41) is 6.43. The van der Waals surface area contributed by atoms with Crippen molar-refractivity contribution in [2.45, 2.75) is 31.7 Å². The fourth-order valence-electron chi connectivity index (χ4n) is 3.61. The van der Waals surface area contributed by atoms with Crippen molar-refractivity contribution in [2.75, 3.05) is 32.1 Å². The van der Waals surface area contributed by atoms with E-state index >= 15 is 0 Å². The van der Waals surface area contributed by atoms with Gasteiger partial charge in [0.05, 0.1) is 5.75 Å². The second-order valence-electron chi connectivity index (χ2n) is 7.13. The molecule has 6 heteroatoms. The van der Waals surface area contributed by atoms with E-state index in [1.165, 1.54) is 5.56 Å². The standard InChI is InChI=1S/C17H27N3O2S/c1-17(12-18-14-19-17)13-23(21,22)20-9-7-16(8-10-20)11-15-5-3-2-4-6-15/h2-6,16,18-19H,7-14H2,1H3/t17-/m0/s1. The Hall–Kier alpha value is -0.950. The molecule has 2 heterocycles. The molecule has 2 fully saturated rings. The van der Waals surface area contributed by atoms with Gasteiger partial charge in [0.2, 0.25) is 10.0 Å². The first-order valence-electron chi connectivity index (χ1n) is 8.44. The average Bonchev–Trinajstić information content (AvgIpc) is 2.94. The Morgan fingerprint density at radius 3 is 2.52 bits per heavy atom. The SMILES string of the molecule is C[C@@]1(CS(=O)(=O)N2CCC(Cc3ccccc3)CC2)CNCN1. The van der Waals surface area contributed by atoms with Gasteiger partial charge in [0.1, 0.15) is 0 Å². The molecule has 1 aromatic rings. The van der Waals surface area contributed by atoms with Gasteiger partial charge in [-0.15, -0.1) is 0 Å². The van der Waals surface area contributed by atoms with Gasteiger partial charge in [0.15, 0.2) is 0 Å². The van der Waals surface area contributed by atoms with Crippen LogP contribution in [0.2, 0.25) is 0 Å². The van der Waals surface area contributed by atoms with Crippen LogP contribution in [-0.2, 0) is 16.4 Å². The zero-order chi connectivity index (χ0) is 16.3. The van der Waals surface area contributed by atoms with Gasteiger partial charge in [-0.25, -0.2) is 12.7 Å². The molecule has 2 N–H and O–H groups in total. The largest absolute Gasteiger partial charge is 0.303 e. The molecule has 0 aliphatic carbocycles. The highest BCUT2D eigenvalue weighted by molar-refractivity contribution is 7.89. The third-order valence-electron chi connectivity index (χ3n) is 4.99. The summed E-state index contributed by atoms with van der Waals surface area (Å²) >= 11 is 0. The van der Waals surface area contributed by atoms with Crippen molar-refractivity contribution in [1.29, 1.82) is 0 Å². The monoisotopic (exact) mass is 337 g/mol. The normalized spacial score (nSPS) is 27.3. The Balaban J connectivity index is 1.53. The quantitative estimate of drug-likeness (QED) is 0.847. The Kier molecular flexibility index (Phi) is 5.06. The fraction of sp³-hybridized carbons (Fsp3) is 0.647. The fourth-order valence-corrected chi connectivity index (χ4v) is 5.57. The lowest BCUT2D eigenvalue weighted by atomic mass is 9.91. The highest BCUT2D eigenvalue weighted by atomic mass is 32.2. The minimum absolute atomic E-state index is 0.177. The minimum Gasteiger partial charge on any atom is -0.303 e. The van der Waals surface area contributed by atoms with E-state index in [0.29, 0.717) is 32.2 Å². The second-order valence-corrected chi connectivity index (χ2v) is 9.10. The smallest absolute Gasteiger partial charge is 0.215 e. The lowest BCUT2D eigenvalue weighted by Gasteiger charge is -2.34. The Morgan fingerprint density at radius 2 is 1.91 bits per heavy atom. The Labute approximate surface area is 139 Å². The van der Waals surface area contributed by atoms with Crippen LogP contribution in [0.5, 0.6) is 0 Å². The summed E-state index contributed by atoms with van der Waals surface area (Å²) < 4.78 is 27.0. The highest BCUT2D eigenvalue weighted by Crippen LogP contribution is 2.24. The average molecular weight is 337 g/mol. The second kappa shape index (κ2) is 6.89. The third-order valence-corrected chi connectivity index (χ3v) is 7.14. The van der Waals surface area contributed by atoms with Crippen molar-refractivity contribution in [2.24, 2.45) is 5.92 Å². The van der Waals surface area contributed by atoms with Gasteiger partial charge in [0.25, 0.3) is 0 Å². The number of nitrogens with zero attached hydrogens (tertiary/aromatic N) is 1. The number of benzene rings is 1. The van der Waals surface area contributed by atoms with Crippen molar-refractivity contribution in [3.63, 3.8) is 0 Å². The predicted octanol–water partition coefficient (Wildman–Crippen LogP) is 1.18. The number of sulfonamides is 1. The summed E-state index contributed by atoms with van der Waals surface area (Å²) in [6.45, 7) is 4.68. The number of rotatable bonds is 5. The van der Waals surface area contributed by atoms with Crippen LogP contribution in [0.15, 0.2) is 30.3 Å². The molecule has 1 aromatic carbocycles.